The Morgan fingerprint density at radius 2 is 1.56 bits per heavy atom. The Bertz CT molecular complexity index is 892. The summed E-state index contributed by atoms with van der Waals surface area (Å²) in [5.41, 5.74) is 1.91. The molecule has 5 atom stereocenters. The van der Waals surface area contributed by atoms with Gasteiger partial charge in [-0.3, -0.25) is 4.79 Å². The normalized spacial score (nSPS) is 22.4. The van der Waals surface area contributed by atoms with Gasteiger partial charge < -0.3 is 24.1 Å². The third-order valence-electron chi connectivity index (χ3n) is 4.93. The minimum absolute atomic E-state index is 0.0389. The second-order valence-electron chi connectivity index (χ2n) is 7.44. The molecule has 0 bridgehead atoms. The second kappa shape index (κ2) is 12.1. The zero-order chi connectivity index (χ0) is 22.9. The minimum atomic E-state index is -1.12. The van der Waals surface area contributed by atoms with E-state index >= 15 is 0 Å². The van der Waals surface area contributed by atoms with Gasteiger partial charge in [0.1, 0.15) is 12.2 Å². The molecule has 2 aromatic carbocycles. The number of hydrogen-bond donors (Lipinski definition) is 1. The van der Waals surface area contributed by atoms with Crippen molar-refractivity contribution in [3.05, 3.63) is 71.8 Å². The lowest BCUT2D eigenvalue weighted by molar-refractivity contribution is -0.267. The molecule has 6 nitrogen and oxygen atoms in total. The van der Waals surface area contributed by atoms with Crippen molar-refractivity contribution in [3.63, 3.8) is 0 Å². The Balaban J connectivity index is 1.75. The first-order chi connectivity index (χ1) is 15.5. The molecule has 1 saturated heterocycles. The molecule has 0 radical (unpaired) electrons. The van der Waals surface area contributed by atoms with Crippen molar-refractivity contribution in [2.75, 3.05) is 6.61 Å². The van der Waals surface area contributed by atoms with E-state index in [1.165, 1.54) is 0 Å². The number of hydrogen-bond acceptors (Lipinski definition) is 8. The number of carbonyl (C=O) groups excluding carboxylic acids is 1. The highest BCUT2D eigenvalue weighted by Gasteiger charge is 2.42. The highest BCUT2D eigenvalue weighted by atomic mass is 32.1. The molecule has 32 heavy (non-hydrogen) atoms. The van der Waals surface area contributed by atoms with Gasteiger partial charge in [0.25, 0.3) is 0 Å². The van der Waals surface area contributed by atoms with E-state index in [2.05, 4.69) is 0 Å². The van der Waals surface area contributed by atoms with Crippen molar-refractivity contribution in [1.82, 2.24) is 0 Å². The predicted molar refractivity (Wildman–Crippen MR) is 128 cm³/mol. The number of thiocarbonyl (C=S) groups is 2. The molecule has 3 rings (SSSR count). The molecule has 1 aliphatic heterocycles. The fraction of sp³-hybridized carbons (Fsp3) is 0.375. The standard InChI is InChI=1S/C24H26O6S2/c1-16-27-15-19(26)23(28-16)24(30-22(32)13-18-10-6-3-7-11-18)20(14-25)29-21(31)12-17-8-4-2-5-9-17/h2-11,14,16,19-20,23-24,26H,12-13,15H2,1H3/t16?,19-,20+,23-,24-/m1/s1. The summed E-state index contributed by atoms with van der Waals surface area (Å²) in [6.45, 7) is 1.74. The largest absolute Gasteiger partial charge is 0.476 e. The van der Waals surface area contributed by atoms with Crippen LogP contribution < -0.4 is 0 Å². The van der Waals surface area contributed by atoms with E-state index in [9.17, 15) is 9.90 Å². The first-order valence-electron chi connectivity index (χ1n) is 10.3. The van der Waals surface area contributed by atoms with E-state index in [0.717, 1.165) is 11.1 Å². The van der Waals surface area contributed by atoms with Crippen molar-refractivity contribution in [3.8, 4) is 0 Å². The van der Waals surface area contributed by atoms with Gasteiger partial charge in [-0.2, -0.15) is 0 Å². The van der Waals surface area contributed by atoms with Gasteiger partial charge in [-0.1, -0.05) is 60.7 Å². The molecule has 0 amide bonds. The van der Waals surface area contributed by atoms with Gasteiger partial charge in [0.05, 0.1) is 6.61 Å². The molecule has 1 heterocycles. The van der Waals surface area contributed by atoms with E-state index in [1.807, 2.05) is 60.7 Å². The minimum Gasteiger partial charge on any atom is -0.476 e. The van der Waals surface area contributed by atoms with Crippen LogP contribution in [-0.4, -0.2) is 58.8 Å². The van der Waals surface area contributed by atoms with Crippen LogP contribution in [0.2, 0.25) is 0 Å². The van der Waals surface area contributed by atoms with Crippen LogP contribution in [0.5, 0.6) is 0 Å². The summed E-state index contributed by atoms with van der Waals surface area (Å²) >= 11 is 10.8. The van der Waals surface area contributed by atoms with Gasteiger partial charge in [0.15, 0.2) is 34.9 Å². The molecule has 0 aliphatic carbocycles. The number of benzene rings is 2. The predicted octanol–water partition coefficient (Wildman–Crippen LogP) is 3.22. The summed E-state index contributed by atoms with van der Waals surface area (Å²) in [5, 5.41) is 11.0. The fourth-order valence-corrected chi connectivity index (χ4v) is 3.94. The van der Waals surface area contributed by atoms with E-state index in [4.69, 9.17) is 43.4 Å². The molecular weight excluding hydrogens is 448 g/mol. The third-order valence-corrected chi connectivity index (χ3v) is 5.41. The Kier molecular flexibility index (Phi) is 9.25. The average molecular weight is 475 g/mol. The smallest absolute Gasteiger partial charge is 0.193 e. The molecule has 8 heteroatoms. The number of carbonyl (C=O) groups is 1. The molecule has 0 saturated carbocycles. The van der Waals surface area contributed by atoms with Crippen molar-refractivity contribution in [1.29, 1.82) is 0 Å². The fourth-order valence-electron chi connectivity index (χ4n) is 3.38. The maximum absolute atomic E-state index is 12.0. The van der Waals surface area contributed by atoms with Gasteiger partial charge in [-0.15, -0.1) is 0 Å². The maximum Gasteiger partial charge on any atom is 0.193 e. The van der Waals surface area contributed by atoms with Gasteiger partial charge in [0, 0.05) is 12.8 Å². The third kappa shape index (κ3) is 7.15. The van der Waals surface area contributed by atoms with Gasteiger partial charge in [-0.25, -0.2) is 0 Å². The Morgan fingerprint density at radius 3 is 2.09 bits per heavy atom. The summed E-state index contributed by atoms with van der Waals surface area (Å²) in [5.74, 6) is 0. The molecule has 2 aromatic rings. The number of aliphatic hydroxyl groups excluding tert-OH is 1. The lowest BCUT2D eigenvalue weighted by Gasteiger charge is -2.38. The van der Waals surface area contributed by atoms with Crippen LogP contribution in [0.15, 0.2) is 60.7 Å². The van der Waals surface area contributed by atoms with Gasteiger partial charge >= 0.3 is 0 Å². The highest BCUT2D eigenvalue weighted by molar-refractivity contribution is 7.80. The van der Waals surface area contributed by atoms with Crippen LogP contribution in [-0.2, 0) is 36.6 Å². The number of aliphatic hydroxyl groups is 1. The Labute approximate surface area is 198 Å². The molecule has 1 unspecified atom stereocenters. The van der Waals surface area contributed by atoms with Crippen LogP contribution in [0, 0.1) is 0 Å². The van der Waals surface area contributed by atoms with Crippen molar-refractivity contribution < 1.29 is 28.8 Å². The van der Waals surface area contributed by atoms with Crippen molar-refractivity contribution in [2.45, 2.75) is 50.5 Å². The lowest BCUT2D eigenvalue weighted by Crippen LogP contribution is -2.55. The van der Waals surface area contributed by atoms with Crippen LogP contribution in [0.1, 0.15) is 18.1 Å². The first-order valence-corrected chi connectivity index (χ1v) is 11.1. The van der Waals surface area contributed by atoms with Crippen LogP contribution in [0.3, 0.4) is 0 Å². The monoisotopic (exact) mass is 474 g/mol. The highest BCUT2D eigenvalue weighted by Crippen LogP contribution is 2.23. The molecular formula is C24H26O6S2. The Hall–Kier alpha value is -2.23. The molecule has 1 N–H and O–H groups in total. The molecule has 170 valence electrons. The quantitative estimate of drug-likeness (QED) is 0.439. The molecule has 0 spiro atoms. The molecule has 1 aliphatic rings. The number of rotatable bonds is 9. The SMILES string of the molecule is CC1OC[C@@H](O)[C@H]([C@H](OC(=S)Cc2ccccc2)[C@H](C=O)OC(=S)Cc2ccccc2)O1. The van der Waals surface area contributed by atoms with E-state index in [-0.39, 0.29) is 16.7 Å². The van der Waals surface area contributed by atoms with Crippen LogP contribution >= 0.6 is 24.4 Å². The summed E-state index contributed by atoms with van der Waals surface area (Å²) in [4.78, 5) is 12.0. The van der Waals surface area contributed by atoms with Gasteiger partial charge in [0.2, 0.25) is 0 Å². The van der Waals surface area contributed by atoms with Gasteiger partial charge in [-0.05, 0) is 42.5 Å². The first kappa shape index (κ1) is 24.4. The lowest BCUT2D eigenvalue weighted by atomic mass is 10.0. The van der Waals surface area contributed by atoms with Crippen molar-refractivity contribution >= 4 is 40.8 Å². The molecule has 1 fully saturated rings. The number of ether oxygens (including phenoxy) is 4. The topological polar surface area (TPSA) is 74.2 Å². The summed E-state index contributed by atoms with van der Waals surface area (Å²) in [6.07, 6.45) is -3.30. The summed E-state index contributed by atoms with van der Waals surface area (Å²) in [7, 11) is 0. The Morgan fingerprint density at radius 1 is 1.03 bits per heavy atom. The molecule has 0 aromatic heterocycles. The maximum atomic E-state index is 12.0. The average Bonchev–Trinajstić information content (AvgIpc) is 2.79. The zero-order valence-electron chi connectivity index (χ0n) is 17.7. The summed E-state index contributed by atoms with van der Waals surface area (Å²) in [6, 6.07) is 19.1. The van der Waals surface area contributed by atoms with Crippen molar-refractivity contribution in [2.24, 2.45) is 0 Å². The van der Waals surface area contributed by atoms with Crippen LogP contribution in [0.4, 0.5) is 0 Å². The van der Waals surface area contributed by atoms with E-state index < -0.39 is 30.7 Å². The van der Waals surface area contributed by atoms with E-state index in [0.29, 0.717) is 19.1 Å². The second-order valence-corrected chi connectivity index (χ2v) is 8.35. The van der Waals surface area contributed by atoms with Crippen LogP contribution in [0.25, 0.3) is 0 Å². The number of aldehydes is 1. The zero-order valence-corrected chi connectivity index (χ0v) is 19.3. The van der Waals surface area contributed by atoms with E-state index in [1.54, 1.807) is 6.92 Å². The summed E-state index contributed by atoms with van der Waals surface area (Å²) < 4.78 is 22.9.